The summed E-state index contributed by atoms with van der Waals surface area (Å²) in [5.41, 5.74) is 5.94. The van der Waals surface area contributed by atoms with Gasteiger partial charge < -0.3 is 15.4 Å². The predicted molar refractivity (Wildman–Crippen MR) is 78.3 cm³/mol. The summed E-state index contributed by atoms with van der Waals surface area (Å²) < 4.78 is 31.1. The molecular weight excluding hydrogens is 276 g/mol. The lowest BCUT2D eigenvalue weighted by atomic mass is 10.0. The molecule has 0 spiro atoms. The van der Waals surface area contributed by atoms with Gasteiger partial charge in [0.2, 0.25) is 0 Å². The van der Waals surface area contributed by atoms with E-state index in [9.17, 15) is 8.78 Å². The molecule has 21 heavy (non-hydrogen) atoms. The van der Waals surface area contributed by atoms with Crippen molar-refractivity contribution >= 4 is 5.96 Å². The molecule has 6 heteroatoms. The van der Waals surface area contributed by atoms with Crippen LogP contribution >= 0.6 is 0 Å². The number of piperidine rings is 1. The van der Waals surface area contributed by atoms with Gasteiger partial charge in [-0.05, 0) is 30.9 Å². The van der Waals surface area contributed by atoms with E-state index in [1.165, 1.54) is 12.5 Å². The highest BCUT2D eigenvalue weighted by molar-refractivity contribution is 5.78. The first-order valence-corrected chi connectivity index (χ1v) is 7.19. The molecule has 0 radical (unpaired) electrons. The summed E-state index contributed by atoms with van der Waals surface area (Å²) in [6, 6.07) is 3.45. The molecule has 0 aliphatic carbocycles. The van der Waals surface area contributed by atoms with Crippen LogP contribution in [0.2, 0.25) is 0 Å². The van der Waals surface area contributed by atoms with Gasteiger partial charge in [0.05, 0.1) is 6.54 Å². The Labute approximate surface area is 123 Å². The summed E-state index contributed by atoms with van der Waals surface area (Å²) in [5.74, 6) is -0.364. The molecule has 2 N–H and O–H groups in total. The van der Waals surface area contributed by atoms with Gasteiger partial charge >= 0.3 is 0 Å². The molecule has 1 aromatic carbocycles. The second-order valence-corrected chi connectivity index (χ2v) is 5.36. The molecule has 1 fully saturated rings. The van der Waals surface area contributed by atoms with Crippen LogP contribution in [0.4, 0.5) is 8.78 Å². The molecule has 1 saturated heterocycles. The van der Waals surface area contributed by atoms with Crippen molar-refractivity contribution in [2.24, 2.45) is 16.6 Å². The molecule has 0 saturated carbocycles. The maximum Gasteiger partial charge on any atom is 0.191 e. The fraction of sp³-hybridized carbons (Fsp3) is 0.533. The van der Waals surface area contributed by atoms with Crippen molar-refractivity contribution in [3.8, 4) is 5.75 Å². The summed E-state index contributed by atoms with van der Waals surface area (Å²) in [5, 5.41) is 0. The molecule has 0 aromatic heterocycles. The van der Waals surface area contributed by atoms with Crippen LogP contribution in [0.5, 0.6) is 5.75 Å². The summed E-state index contributed by atoms with van der Waals surface area (Å²) in [4.78, 5) is 6.34. The first kappa shape index (κ1) is 15.5. The third-order valence-corrected chi connectivity index (χ3v) is 3.51. The van der Waals surface area contributed by atoms with E-state index in [0.29, 0.717) is 18.4 Å². The standard InChI is InChI=1S/C15H21F2N3O/c1-11-3-2-7-20(10-11)15(18)19-6-8-21-12-4-5-13(16)14(17)9-12/h4-5,9,11H,2-3,6-8,10H2,1H3,(H2,18,19). The number of likely N-dealkylation sites (tertiary alicyclic amines) is 1. The van der Waals surface area contributed by atoms with Crippen molar-refractivity contribution in [3.05, 3.63) is 29.8 Å². The number of halogens is 2. The van der Waals surface area contributed by atoms with Gasteiger partial charge in [0.25, 0.3) is 0 Å². The normalized spacial score (nSPS) is 19.7. The Hall–Kier alpha value is -1.85. The van der Waals surface area contributed by atoms with Crippen molar-refractivity contribution in [2.45, 2.75) is 19.8 Å². The minimum atomic E-state index is -0.919. The Kier molecular flexibility index (Phi) is 5.36. The number of benzene rings is 1. The number of ether oxygens (including phenoxy) is 1. The SMILES string of the molecule is CC1CCCN(C(N)=NCCOc2ccc(F)c(F)c2)C1. The van der Waals surface area contributed by atoms with E-state index in [2.05, 4.69) is 16.8 Å². The molecule has 1 heterocycles. The quantitative estimate of drug-likeness (QED) is 0.527. The number of nitrogens with two attached hydrogens (primary N) is 1. The molecule has 1 unspecified atom stereocenters. The lowest BCUT2D eigenvalue weighted by Gasteiger charge is -2.31. The van der Waals surface area contributed by atoms with Gasteiger partial charge in [-0.25, -0.2) is 13.8 Å². The molecule has 1 aliphatic rings. The van der Waals surface area contributed by atoms with Gasteiger partial charge in [-0.2, -0.15) is 0 Å². The Morgan fingerprint density at radius 1 is 1.43 bits per heavy atom. The van der Waals surface area contributed by atoms with Gasteiger partial charge in [-0.15, -0.1) is 0 Å². The minimum absolute atomic E-state index is 0.273. The third-order valence-electron chi connectivity index (χ3n) is 3.51. The van der Waals surface area contributed by atoms with Crippen LogP contribution in [0.15, 0.2) is 23.2 Å². The van der Waals surface area contributed by atoms with Crippen LogP contribution in [-0.4, -0.2) is 37.1 Å². The predicted octanol–water partition coefficient (Wildman–Crippen LogP) is 2.39. The Morgan fingerprint density at radius 3 is 2.95 bits per heavy atom. The summed E-state index contributed by atoms with van der Waals surface area (Å²) in [6.07, 6.45) is 2.35. The number of guanidine groups is 1. The first-order chi connectivity index (χ1) is 10.1. The van der Waals surface area contributed by atoms with E-state index < -0.39 is 11.6 Å². The summed E-state index contributed by atoms with van der Waals surface area (Å²) >= 11 is 0. The average molecular weight is 297 g/mol. The van der Waals surface area contributed by atoms with Gasteiger partial charge in [-0.1, -0.05) is 6.92 Å². The zero-order chi connectivity index (χ0) is 15.2. The molecule has 1 aliphatic heterocycles. The monoisotopic (exact) mass is 297 g/mol. The van der Waals surface area contributed by atoms with Gasteiger partial charge in [0.1, 0.15) is 12.4 Å². The van der Waals surface area contributed by atoms with E-state index in [4.69, 9.17) is 10.5 Å². The van der Waals surface area contributed by atoms with E-state index in [0.717, 1.165) is 31.6 Å². The molecule has 1 aromatic rings. The van der Waals surface area contributed by atoms with Crippen LogP contribution in [0.3, 0.4) is 0 Å². The molecule has 116 valence electrons. The number of hydrogen-bond acceptors (Lipinski definition) is 2. The number of hydrogen-bond donors (Lipinski definition) is 1. The highest BCUT2D eigenvalue weighted by atomic mass is 19.2. The van der Waals surface area contributed by atoms with E-state index in [-0.39, 0.29) is 12.4 Å². The maximum atomic E-state index is 13.0. The van der Waals surface area contributed by atoms with Crippen LogP contribution in [0.1, 0.15) is 19.8 Å². The Morgan fingerprint density at radius 2 is 2.24 bits per heavy atom. The molecule has 0 amide bonds. The van der Waals surface area contributed by atoms with Crippen LogP contribution in [-0.2, 0) is 0 Å². The number of aliphatic imine (C=N–C) groups is 1. The molecular formula is C15H21F2N3O. The minimum Gasteiger partial charge on any atom is -0.492 e. The average Bonchev–Trinajstić information content (AvgIpc) is 2.47. The smallest absolute Gasteiger partial charge is 0.191 e. The summed E-state index contributed by atoms with van der Waals surface area (Å²) in [6.45, 7) is 4.72. The first-order valence-electron chi connectivity index (χ1n) is 7.19. The maximum absolute atomic E-state index is 13.0. The molecule has 2 rings (SSSR count). The van der Waals surface area contributed by atoms with Crippen molar-refractivity contribution in [1.82, 2.24) is 4.90 Å². The Balaban J connectivity index is 1.77. The van der Waals surface area contributed by atoms with Gasteiger partial charge in [0, 0.05) is 19.2 Å². The topological polar surface area (TPSA) is 50.8 Å². The molecule has 4 nitrogen and oxygen atoms in total. The molecule has 0 bridgehead atoms. The zero-order valence-electron chi connectivity index (χ0n) is 12.2. The molecule has 1 atom stereocenters. The fourth-order valence-electron chi connectivity index (χ4n) is 2.39. The third kappa shape index (κ3) is 4.58. The zero-order valence-corrected chi connectivity index (χ0v) is 12.2. The largest absolute Gasteiger partial charge is 0.492 e. The highest BCUT2D eigenvalue weighted by Gasteiger charge is 2.17. The second-order valence-electron chi connectivity index (χ2n) is 5.36. The Bertz CT molecular complexity index is 508. The lowest BCUT2D eigenvalue weighted by molar-refractivity contribution is 0.269. The van der Waals surface area contributed by atoms with Crippen LogP contribution < -0.4 is 10.5 Å². The fourth-order valence-corrected chi connectivity index (χ4v) is 2.39. The van der Waals surface area contributed by atoms with Crippen LogP contribution in [0.25, 0.3) is 0 Å². The highest BCUT2D eigenvalue weighted by Crippen LogP contribution is 2.16. The second kappa shape index (κ2) is 7.24. The number of nitrogens with zero attached hydrogens (tertiary/aromatic N) is 2. The number of rotatable bonds is 4. The van der Waals surface area contributed by atoms with E-state index >= 15 is 0 Å². The van der Waals surface area contributed by atoms with E-state index in [1.807, 2.05) is 0 Å². The van der Waals surface area contributed by atoms with Crippen molar-refractivity contribution < 1.29 is 13.5 Å². The van der Waals surface area contributed by atoms with Gasteiger partial charge in [-0.3, -0.25) is 0 Å². The van der Waals surface area contributed by atoms with Crippen molar-refractivity contribution in [1.29, 1.82) is 0 Å². The lowest BCUT2D eigenvalue weighted by Crippen LogP contribution is -2.43. The van der Waals surface area contributed by atoms with Crippen molar-refractivity contribution in [3.63, 3.8) is 0 Å². The van der Waals surface area contributed by atoms with Crippen molar-refractivity contribution in [2.75, 3.05) is 26.2 Å². The van der Waals surface area contributed by atoms with Gasteiger partial charge in [0.15, 0.2) is 17.6 Å². The van der Waals surface area contributed by atoms with Crippen LogP contribution in [0, 0.1) is 17.6 Å². The van der Waals surface area contributed by atoms with E-state index in [1.54, 1.807) is 0 Å². The summed E-state index contributed by atoms with van der Waals surface area (Å²) in [7, 11) is 0.